The molecule has 0 aromatic carbocycles. The molecule has 0 N–H and O–H groups in total. The van der Waals surface area contributed by atoms with Crippen LogP contribution in [0.1, 0.15) is 5.69 Å². The van der Waals surface area contributed by atoms with E-state index in [-0.39, 0.29) is 0 Å². The van der Waals surface area contributed by atoms with E-state index < -0.39 is 0 Å². The lowest BCUT2D eigenvalue weighted by atomic mass is 10.3. The van der Waals surface area contributed by atoms with Crippen molar-refractivity contribution in [2.24, 2.45) is 0 Å². The van der Waals surface area contributed by atoms with E-state index in [1.54, 1.807) is 17.0 Å². The minimum atomic E-state index is 0.829. The van der Waals surface area contributed by atoms with Gasteiger partial charge < -0.3 is 0 Å². The van der Waals surface area contributed by atoms with Gasteiger partial charge in [-0.15, -0.1) is 5.10 Å². The number of hydrogen-bond donors (Lipinski definition) is 0. The van der Waals surface area contributed by atoms with Gasteiger partial charge in [0.25, 0.3) is 0 Å². The molecule has 0 saturated heterocycles. The highest BCUT2D eigenvalue weighted by molar-refractivity contribution is 5.43. The SMILES string of the molecule is C=Cc1ccc(-n2cnnn2)cn1. The second-order valence-corrected chi connectivity index (χ2v) is 2.40. The Hall–Kier alpha value is -2.04. The fourth-order valence-corrected chi connectivity index (χ4v) is 0.933. The van der Waals surface area contributed by atoms with E-state index in [9.17, 15) is 0 Å². The van der Waals surface area contributed by atoms with Crippen LogP contribution in [0.3, 0.4) is 0 Å². The van der Waals surface area contributed by atoms with Gasteiger partial charge in [-0.25, -0.2) is 0 Å². The predicted molar refractivity (Wildman–Crippen MR) is 47.0 cm³/mol. The number of nitrogens with zero attached hydrogens (tertiary/aromatic N) is 5. The van der Waals surface area contributed by atoms with Crippen LogP contribution in [0.15, 0.2) is 31.2 Å². The molecule has 2 aromatic rings. The number of hydrogen-bond acceptors (Lipinski definition) is 4. The number of aromatic nitrogens is 5. The van der Waals surface area contributed by atoms with Gasteiger partial charge in [0.1, 0.15) is 6.33 Å². The van der Waals surface area contributed by atoms with Crippen molar-refractivity contribution in [1.29, 1.82) is 0 Å². The monoisotopic (exact) mass is 173 g/mol. The van der Waals surface area contributed by atoms with Crippen LogP contribution in [0, 0.1) is 0 Å². The molecule has 5 nitrogen and oxygen atoms in total. The molecule has 0 fully saturated rings. The van der Waals surface area contributed by atoms with Crippen molar-refractivity contribution in [2.45, 2.75) is 0 Å². The molecule has 0 aliphatic carbocycles. The Balaban J connectivity index is 2.38. The Bertz CT molecular complexity index is 389. The average Bonchev–Trinajstić information content (AvgIpc) is 2.71. The van der Waals surface area contributed by atoms with Gasteiger partial charge in [-0.2, -0.15) is 4.68 Å². The normalized spacial score (nSPS) is 9.85. The first-order valence-electron chi connectivity index (χ1n) is 3.72. The quantitative estimate of drug-likeness (QED) is 0.670. The van der Waals surface area contributed by atoms with E-state index in [4.69, 9.17) is 0 Å². The minimum Gasteiger partial charge on any atom is -0.255 e. The van der Waals surface area contributed by atoms with Gasteiger partial charge in [0.15, 0.2) is 0 Å². The molecular formula is C8H7N5. The third-order valence-corrected chi connectivity index (χ3v) is 1.59. The molecule has 2 heterocycles. The fraction of sp³-hybridized carbons (Fsp3) is 0. The Morgan fingerprint density at radius 3 is 2.85 bits per heavy atom. The van der Waals surface area contributed by atoms with Crippen LogP contribution in [0.25, 0.3) is 11.8 Å². The lowest BCUT2D eigenvalue weighted by molar-refractivity contribution is 0.786. The van der Waals surface area contributed by atoms with Crippen LogP contribution >= 0.6 is 0 Å². The Morgan fingerprint density at radius 2 is 2.31 bits per heavy atom. The van der Waals surface area contributed by atoms with Gasteiger partial charge in [-0.1, -0.05) is 6.58 Å². The molecule has 0 saturated carbocycles. The van der Waals surface area contributed by atoms with Gasteiger partial charge in [-0.3, -0.25) is 4.98 Å². The van der Waals surface area contributed by atoms with Crippen LogP contribution in [0.2, 0.25) is 0 Å². The molecular weight excluding hydrogens is 166 g/mol. The zero-order valence-electron chi connectivity index (χ0n) is 6.83. The molecule has 5 heteroatoms. The van der Waals surface area contributed by atoms with E-state index in [0.717, 1.165) is 11.4 Å². The van der Waals surface area contributed by atoms with Crippen LogP contribution in [0.5, 0.6) is 0 Å². The van der Waals surface area contributed by atoms with Crippen molar-refractivity contribution >= 4 is 6.08 Å². The molecule has 2 aromatic heterocycles. The maximum absolute atomic E-state index is 4.12. The first-order chi connectivity index (χ1) is 6.40. The van der Waals surface area contributed by atoms with Crippen molar-refractivity contribution in [1.82, 2.24) is 25.2 Å². The summed E-state index contributed by atoms with van der Waals surface area (Å²) in [5.74, 6) is 0. The maximum atomic E-state index is 4.12. The number of pyridine rings is 1. The number of rotatable bonds is 2. The Labute approximate surface area is 74.7 Å². The summed E-state index contributed by atoms with van der Waals surface area (Å²) >= 11 is 0. The molecule has 0 spiro atoms. The van der Waals surface area contributed by atoms with E-state index in [1.807, 2.05) is 12.1 Å². The summed E-state index contributed by atoms with van der Waals surface area (Å²) in [5.41, 5.74) is 1.66. The second-order valence-electron chi connectivity index (χ2n) is 2.40. The van der Waals surface area contributed by atoms with Crippen LogP contribution < -0.4 is 0 Å². The molecule has 0 aliphatic heterocycles. The van der Waals surface area contributed by atoms with Crippen molar-refractivity contribution < 1.29 is 0 Å². The summed E-state index contributed by atoms with van der Waals surface area (Å²) in [6, 6.07) is 3.73. The zero-order chi connectivity index (χ0) is 9.10. The zero-order valence-corrected chi connectivity index (χ0v) is 6.83. The Morgan fingerprint density at radius 1 is 1.38 bits per heavy atom. The summed E-state index contributed by atoms with van der Waals surface area (Å²) in [7, 11) is 0. The summed E-state index contributed by atoms with van der Waals surface area (Å²) in [6.45, 7) is 3.61. The van der Waals surface area contributed by atoms with E-state index in [0.29, 0.717) is 0 Å². The molecule has 0 radical (unpaired) electrons. The maximum Gasteiger partial charge on any atom is 0.143 e. The van der Waals surface area contributed by atoms with Gasteiger partial charge in [0.05, 0.1) is 17.6 Å². The van der Waals surface area contributed by atoms with Crippen LogP contribution in [0.4, 0.5) is 0 Å². The fourth-order valence-electron chi connectivity index (χ4n) is 0.933. The molecule has 0 bridgehead atoms. The van der Waals surface area contributed by atoms with Crippen molar-refractivity contribution in [3.05, 3.63) is 36.9 Å². The lowest BCUT2D eigenvalue weighted by Gasteiger charge is -1.97. The molecule has 0 aliphatic rings. The largest absolute Gasteiger partial charge is 0.255 e. The summed E-state index contributed by atoms with van der Waals surface area (Å²) in [6.07, 6.45) is 4.89. The molecule has 0 amide bonds. The summed E-state index contributed by atoms with van der Waals surface area (Å²) < 4.78 is 1.54. The summed E-state index contributed by atoms with van der Waals surface area (Å²) in [4.78, 5) is 4.12. The highest BCUT2D eigenvalue weighted by Gasteiger charge is 1.96. The lowest BCUT2D eigenvalue weighted by Crippen LogP contribution is -1.95. The van der Waals surface area contributed by atoms with Crippen LogP contribution in [-0.2, 0) is 0 Å². The smallest absolute Gasteiger partial charge is 0.143 e. The number of tetrazole rings is 1. The Kier molecular flexibility index (Phi) is 1.84. The van der Waals surface area contributed by atoms with E-state index in [2.05, 4.69) is 27.1 Å². The minimum absolute atomic E-state index is 0.829. The predicted octanol–water partition coefficient (Wildman–Crippen LogP) is 0.700. The van der Waals surface area contributed by atoms with E-state index in [1.165, 1.54) is 6.33 Å². The van der Waals surface area contributed by atoms with Crippen LogP contribution in [-0.4, -0.2) is 25.2 Å². The third-order valence-electron chi connectivity index (χ3n) is 1.59. The van der Waals surface area contributed by atoms with E-state index >= 15 is 0 Å². The highest BCUT2D eigenvalue weighted by Crippen LogP contribution is 2.04. The van der Waals surface area contributed by atoms with Crippen molar-refractivity contribution in [2.75, 3.05) is 0 Å². The van der Waals surface area contributed by atoms with Crippen molar-refractivity contribution in [3.8, 4) is 5.69 Å². The van der Waals surface area contributed by atoms with Crippen molar-refractivity contribution in [3.63, 3.8) is 0 Å². The highest BCUT2D eigenvalue weighted by atomic mass is 15.5. The topological polar surface area (TPSA) is 56.5 Å². The molecule has 2 rings (SSSR count). The third kappa shape index (κ3) is 1.44. The van der Waals surface area contributed by atoms with Gasteiger partial charge in [-0.05, 0) is 28.6 Å². The van der Waals surface area contributed by atoms with Gasteiger partial charge in [0, 0.05) is 0 Å². The second kappa shape index (κ2) is 3.14. The van der Waals surface area contributed by atoms with Gasteiger partial charge in [0.2, 0.25) is 0 Å². The molecule has 13 heavy (non-hydrogen) atoms. The standard InChI is InChI=1S/C8H7N5/c1-2-7-3-4-8(5-9-7)13-6-10-11-12-13/h2-6H,1H2. The summed E-state index contributed by atoms with van der Waals surface area (Å²) in [5, 5.41) is 10.8. The molecule has 0 unspecified atom stereocenters. The molecule has 64 valence electrons. The average molecular weight is 173 g/mol. The first-order valence-corrected chi connectivity index (χ1v) is 3.72. The molecule has 0 atom stereocenters. The first kappa shape index (κ1) is 7.60. The van der Waals surface area contributed by atoms with Gasteiger partial charge >= 0.3 is 0 Å².